The Bertz CT molecular complexity index is 614. The van der Waals surface area contributed by atoms with Gasteiger partial charge in [-0.1, -0.05) is 11.6 Å². The van der Waals surface area contributed by atoms with Gasteiger partial charge in [0.05, 0.1) is 4.90 Å². The van der Waals surface area contributed by atoms with Gasteiger partial charge in [0, 0.05) is 18.8 Å². The Kier molecular flexibility index (Phi) is 4.29. The van der Waals surface area contributed by atoms with Crippen molar-refractivity contribution in [3.63, 3.8) is 0 Å². The lowest BCUT2D eigenvalue weighted by Gasteiger charge is -2.29. The quantitative estimate of drug-likeness (QED) is 0.847. The number of H-pyrrole nitrogens is 1. The number of piperidine rings is 1. The van der Waals surface area contributed by atoms with Crippen LogP contribution in [0.2, 0.25) is 5.02 Å². The summed E-state index contributed by atoms with van der Waals surface area (Å²) in [6.45, 7) is 1.65. The number of likely N-dealkylation sites (N-methyl/N-ethyl adjacent to an activating group) is 1. The maximum atomic E-state index is 12.2. The molecular weight excluding hydrogens is 290 g/mol. The van der Waals surface area contributed by atoms with Gasteiger partial charge in [0.15, 0.2) is 0 Å². The van der Waals surface area contributed by atoms with Gasteiger partial charge in [0.2, 0.25) is 10.0 Å². The Balaban J connectivity index is 2.17. The zero-order valence-electron chi connectivity index (χ0n) is 10.5. The highest BCUT2D eigenvalue weighted by atomic mass is 35.5. The fourth-order valence-corrected chi connectivity index (χ4v) is 3.63. The molecule has 1 unspecified atom stereocenters. The second-order valence-electron chi connectivity index (χ2n) is 4.74. The molecule has 2 N–H and O–H groups in total. The van der Waals surface area contributed by atoms with Crippen LogP contribution in [0.15, 0.2) is 22.0 Å². The van der Waals surface area contributed by atoms with Crippen molar-refractivity contribution in [3.05, 3.63) is 27.6 Å². The highest BCUT2D eigenvalue weighted by Gasteiger charge is 2.24. The molecule has 2 rings (SSSR count). The van der Waals surface area contributed by atoms with E-state index in [9.17, 15) is 13.2 Å². The number of nitrogens with one attached hydrogen (secondary N) is 2. The fourth-order valence-electron chi connectivity index (χ4n) is 2.14. The number of aromatic nitrogens is 1. The van der Waals surface area contributed by atoms with Gasteiger partial charge in [-0.25, -0.2) is 13.1 Å². The van der Waals surface area contributed by atoms with Crippen molar-refractivity contribution in [2.24, 2.45) is 0 Å². The van der Waals surface area contributed by atoms with Crippen molar-refractivity contribution in [3.8, 4) is 0 Å². The zero-order valence-corrected chi connectivity index (χ0v) is 12.1. The van der Waals surface area contributed by atoms with Gasteiger partial charge in [0.25, 0.3) is 5.56 Å². The molecule has 0 aliphatic carbocycles. The number of rotatable bonds is 3. The van der Waals surface area contributed by atoms with Crippen LogP contribution in [-0.4, -0.2) is 44.5 Å². The molecule has 8 heteroatoms. The molecule has 106 valence electrons. The first-order valence-corrected chi connectivity index (χ1v) is 7.84. The maximum Gasteiger partial charge on any atom is 0.266 e. The van der Waals surface area contributed by atoms with Crippen molar-refractivity contribution in [1.29, 1.82) is 0 Å². The molecule has 1 saturated heterocycles. The molecule has 0 saturated carbocycles. The number of aromatic amines is 1. The van der Waals surface area contributed by atoms with Crippen LogP contribution in [0.4, 0.5) is 0 Å². The average Bonchev–Trinajstić information content (AvgIpc) is 2.32. The number of hydrogen-bond donors (Lipinski definition) is 2. The monoisotopic (exact) mass is 305 g/mol. The average molecular weight is 306 g/mol. The van der Waals surface area contributed by atoms with Crippen molar-refractivity contribution in [1.82, 2.24) is 14.6 Å². The molecule has 1 aliphatic rings. The number of pyridine rings is 1. The van der Waals surface area contributed by atoms with Crippen molar-refractivity contribution < 1.29 is 8.42 Å². The van der Waals surface area contributed by atoms with E-state index in [4.69, 9.17) is 11.6 Å². The van der Waals surface area contributed by atoms with Gasteiger partial charge in [-0.15, -0.1) is 0 Å². The summed E-state index contributed by atoms with van der Waals surface area (Å²) in [5, 5.41) is -0.136. The van der Waals surface area contributed by atoms with E-state index >= 15 is 0 Å². The Morgan fingerprint density at radius 2 is 2.26 bits per heavy atom. The number of halogens is 1. The molecule has 1 aromatic rings. The van der Waals surface area contributed by atoms with Crippen molar-refractivity contribution >= 4 is 21.6 Å². The second-order valence-corrected chi connectivity index (χ2v) is 6.86. The van der Waals surface area contributed by atoms with Crippen LogP contribution >= 0.6 is 11.6 Å². The van der Waals surface area contributed by atoms with E-state index in [1.807, 2.05) is 7.05 Å². The lowest BCUT2D eigenvalue weighted by molar-refractivity contribution is 0.242. The van der Waals surface area contributed by atoms with E-state index in [1.54, 1.807) is 0 Å². The third kappa shape index (κ3) is 3.56. The van der Waals surface area contributed by atoms with Gasteiger partial charge in [-0.05, 0) is 32.5 Å². The summed E-state index contributed by atoms with van der Waals surface area (Å²) in [6, 6.07) is 1.05. The van der Waals surface area contributed by atoms with Crippen LogP contribution in [0.25, 0.3) is 0 Å². The summed E-state index contributed by atoms with van der Waals surface area (Å²) in [4.78, 5) is 15.5. The smallest absolute Gasteiger partial charge is 0.266 e. The summed E-state index contributed by atoms with van der Waals surface area (Å²) < 4.78 is 27.0. The van der Waals surface area contributed by atoms with E-state index in [0.29, 0.717) is 6.54 Å². The van der Waals surface area contributed by atoms with Crippen LogP contribution in [0.5, 0.6) is 0 Å². The first-order chi connectivity index (χ1) is 8.88. The minimum Gasteiger partial charge on any atom is -0.326 e. The topological polar surface area (TPSA) is 82.3 Å². The number of sulfonamides is 1. The van der Waals surface area contributed by atoms with E-state index in [-0.39, 0.29) is 16.0 Å². The summed E-state index contributed by atoms with van der Waals surface area (Å²) in [5.74, 6) is 0. The van der Waals surface area contributed by atoms with Crippen LogP contribution in [0, 0.1) is 0 Å². The number of likely N-dealkylation sites (tertiary alicyclic amines) is 1. The molecule has 1 aromatic heterocycles. The molecule has 1 fully saturated rings. The molecule has 2 heterocycles. The second kappa shape index (κ2) is 5.62. The van der Waals surface area contributed by atoms with Crippen LogP contribution in [0.1, 0.15) is 12.8 Å². The molecule has 6 nitrogen and oxygen atoms in total. The highest BCUT2D eigenvalue weighted by Crippen LogP contribution is 2.14. The predicted octanol–water partition coefficient (Wildman–Crippen LogP) is 0.401. The largest absolute Gasteiger partial charge is 0.326 e. The van der Waals surface area contributed by atoms with Crippen molar-refractivity contribution in [2.45, 2.75) is 23.8 Å². The fraction of sp³-hybridized carbons (Fsp3) is 0.545. The van der Waals surface area contributed by atoms with Crippen LogP contribution in [-0.2, 0) is 10.0 Å². The third-order valence-electron chi connectivity index (χ3n) is 3.09. The minimum absolute atomic E-state index is 0.0228. The molecule has 1 aliphatic heterocycles. The van der Waals surface area contributed by atoms with Gasteiger partial charge >= 0.3 is 0 Å². The molecule has 0 bridgehead atoms. The standard InChI is InChI=1S/C11H16ClN3O3S/c1-15-4-2-3-8(7-15)14-19(17,18)9-5-10(12)11(16)13-6-9/h5-6,8,14H,2-4,7H2,1H3,(H,13,16). The van der Waals surface area contributed by atoms with E-state index in [0.717, 1.165) is 31.6 Å². The normalized spacial score (nSPS) is 21.5. The summed E-state index contributed by atoms with van der Waals surface area (Å²) >= 11 is 5.64. The molecule has 0 amide bonds. The van der Waals surface area contributed by atoms with Gasteiger partial charge in [-0.2, -0.15) is 0 Å². The number of nitrogens with zero attached hydrogens (tertiary/aromatic N) is 1. The molecule has 0 spiro atoms. The van der Waals surface area contributed by atoms with Gasteiger partial charge in [0.1, 0.15) is 5.02 Å². The van der Waals surface area contributed by atoms with Gasteiger partial charge in [-0.3, -0.25) is 4.79 Å². The van der Waals surface area contributed by atoms with Crippen molar-refractivity contribution in [2.75, 3.05) is 20.1 Å². The Hall–Kier alpha value is -0.890. The van der Waals surface area contributed by atoms with E-state index in [2.05, 4.69) is 14.6 Å². The van der Waals surface area contributed by atoms with Gasteiger partial charge < -0.3 is 9.88 Å². The van der Waals surface area contributed by atoms with Crippen LogP contribution in [0.3, 0.4) is 0 Å². The summed E-state index contributed by atoms with van der Waals surface area (Å²) in [7, 11) is -1.70. The molecule has 19 heavy (non-hydrogen) atoms. The van der Waals surface area contributed by atoms with E-state index < -0.39 is 15.6 Å². The lowest BCUT2D eigenvalue weighted by atomic mass is 10.1. The first-order valence-electron chi connectivity index (χ1n) is 5.97. The molecule has 0 radical (unpaired) electrons. The SMILES string of the molecule is CN1CCCC(NS(=O)(=O)c2c[nH]c(=O)c(Cl)c2)C1. The minimum atomic E-state index is -3.65. The molecular formula is C11H16ClN3O3S. The Morgan fingerprint density at radius 3 is 2.89 bits per heavy atom. The maximum absolute atomic E-state index is 12.2. The lowest BCUT2D eigenvalue weighted by Crippen LogP contribution is -2.46. The third-order valence-corrected chi connectivity index (χ3v) is 4.87. The Morgan fingerprint density at radius 1 is 1.53 bits per heavy atom. The highest BCUT2D eigenvalue weighted by molar-refractivity contribution is 7.89. The van der Waals surface area contributed by atoms with Crippen LogP contribution < -0.4 is 10.3 Å². The van der Waals surface area contributed by atoms with E-state index in [1.165, 1.54) is 0 Å². The summed E-state index contributed by atoms with van der Waals surface area (Å²) in [5.41, 5.74) is -0.502. The Labute approximate surface area is 116 Å². The molecule has 0 aromatic carbocycles. The summed E-state index contributed by atoms with van der Waals surface area (Å²) in [6.07, 6.45) is 2.92. The zero-order chi connectivity index (χ0) is 14.0. The predicted molar refractivity (Wildman–Crippen MR) is 72.9 cm³/mol. The number of hydrogen-bond acceptors (Lipinski definition) is 4. The molecule has 1 atom stereocenters. The first kappa shape index (κ1) is 14.5.